The molecule has 2 N–H and O–H groups in total. The van der Waals surface area contributed by atoms with E-state index in [-0.39, 0.29) is 0 Å². The first-order valence-electron chi connectivity index (χ1n) is 4.97. The van der Waals surface area contributed by atoms with Crippen molar-refractivity contribution in [1.29, 1.82) is 0 Å². The molecule has 0 aromatic carbocycles. The average Bonchev–Trinajstić information content (AvgIpc) is 2.31. The number of hydrogen-bond donors (Lipinski definition) is 1. The van der Waals surface area contributed by atoms with Crippen molar-refractivity contribution in [2.45, 2.75) is 38.5 Å². The van der Waals surface area contributed by atoms with Gasteiger partial charge in [0.2, 0.25) is 0 Å². The molecule has 1 aliphatic rings. The Morgan fingerprint density at radius 3 is 2.58 bits per heavy atom. The highest BCUT2D eigenvalue weighted by Crippen LogP contribution is 2.18. The van der Waals surface area contributed by atoms with E-state index < -0.39 is 8.07 Å². The van der Waals surface area contributed by atoms with Crippen molar-refractivity contribution < 1.29 is 0 Å². The van der Waals surface area contributed by atoms with Crippen LogP contribution in [0.25, 0.3) is 0 Å². The SMILES string of the molecule is C[Si](C)(C)CN1CCC[C@H]1CN. The van der Waals surface area contributed by atoms with E-state index in [0.29, 0.717) is 6.04 Å². The van der Waals surface area contributed by atoms with E-state index in [1.807, 2.05) is 0 Å². The van der Waals surface area contributed by atoms with E-state index in [1.54, 1.807) is 0 Å². The highest BCUT2D eigenvalue weighted by molar-refractivity contribution is 6.76. The van der Waals surface area contributed by atoms with Crippen LogP contribution in [0.2, 0.25) is 19.6 Å². The number of rotatable bonds is 3. The van der Waals surface area contributed by atoms with E-state index in [2.05, 4.69) is 24.5 Å². The van der Waals surface area contributed by atoms with Crippen LogP contribution in [-0.4, -0.2) is 38.3 Å². The van der Waals surface area contributed by atoms with E-state index in [0.717, 1.165) is 6.54 Å². The molecule has 0 unspecified atom stereocenters. The van der Waals surface area contributed by atoms with Gasteiger partial charge in [-0.2, -0.15) is 0 Å². The molecule has 1 aliphatic heterocycles. The van der Waals surface area contributed by atoms with E-state index >= 15 is 0 Å². The van der Waals surface area contributed by atoms with Gasteiger partial charge in [0.15, 0.2) is 0 Å². The van der Waals surface area contributed by atoms with Crippen LogP contribution in [0.15, 0.2) is 0 Å². The quantitative estimate of drug-likeness (QED) is 0.673. The third-order valence-corrected chi connectivity index (χ3v) is 3.80. The summed E-state index contributed by atoms with van der Waals surface area (Å²) >= 11 is 0. The first kappa shape index (κ1) is 10.2. The first-order chi connectivity index (χ1) is 5.53. The van der Waals surface area contributed by atoms with Gasteiger partial charge in [-0.3, -0.25) is 0 Å². The molecular weight excluding hydrogens is 164 g/mol. The van der Waals surface area contributed by atoms with Gasteiger partial charge in [-0.1, -0.05) is 19.6 Å². The Hall–Kier alpha value is 0.137. The molecule has 1 saturated heterocycles. The lowest BCUT2D eigenvalue weighted by Gasteiger charge is -2.29. The van der Waals surface area contributed by atoms with Crippen LogP contribution < -0.4 is 5.73 Å². The van der Waals surface area contributed by atoms with Crippen molar-refractivity contribution >= 4 is 8.07 Å². The van der Waals surface area contributed by atoms with Crippen LogP contribution in [-0.2, 0) is 0 Å². The third-order valence-electron chi connectivity index (χ3n) is 2.45. The molecule has 3 heteroatoms. The maximum absolute atomic E-state index is 5.72. The van der Waals surface area contributed by atoms with E-state index in [1.165, 1.54) is 25.6 Å². The maximum atomic E-state index is 5.72. The summed E-state index contributed by atoms with van der Waals surface area (Å²) in [5, 5.41) is 0. The second-order valence-electron chi connectivity index (χ2n) is 5.06. The van der Waals surface area contributed by atoms with Crippen LogP contribution in [0, 0.1) is 0 Å². The number of likely N-dealkylation sites (tertiary alicyclic amines) is 1. The zero-order valence-electron chi connectivity index (χ0n) is 8.64. The monoisotopic (exact) mass is 186 g/mol. The van der Waals surface area contributed by atoms with Crippen LogP contribution in [0.4, 0.5) is 0 Å². The average molecular weight is 186 g/mol. The summed E-state index contributed by atoms with van der Waals surface area (Å²) in [7, 11) is -0.910. The molecule has 0 aromatic rings. The second-order valence-corrected chi connectivity index (χ2v) is 10.5. The highest BCUT2D eigenvalue weighted by Gasteiger charge is 2.27. The molecule has 72 valence electrons. The van der Waals surface area contributed by atoms with E-state index in [9.17, 15) is 0 Å². The number of nitrogens with zero attached hydrogens (tertiary/aromatic N) is 1. The molecule has 0 spiro atoms. The van der Waals surface area contributed by atoms with Crippen molar-refractivity contribution in [2.24, 2.45) is 5.73 Å². The fourth-order valence-corrected chi connectivity index (χ4v) is 3.61. The molecule has 2 nitrogen and oxygen atoms in total. The normalized spacial score (nSPS) is 26.5. The molecule has 0 bridgehead atoms. The van der Waals surface area contributed by atoms with Crippen molar-refractivity contribution in [2.75, 3.05) is 19.3 Å². The maximum Gasteiger partial charge on any atom is 0.0599 e. The predicted octanol–water partition coefficient (Wildman–Crippen LogP) is 1.29. The summed E-state index contributed by atoms with van der Waals surface area (Å²) < 4.78 is 0. The molecule has 1 fully saturated rings. The summed E-state index contributed by atoms with van der Waals surface area (Å²) in [6.45, 7) is 9.42. The fourth-order valence-electron chi connectivity index (χ4n) is 1.98. The largest absolute Gasteiger partial charge is 0.329 e. The minimum absolute atomic E-state index is 0.691. The van der Waals surface area contributed by atoms with Gasteiger partial charge in [0.05, 0.1) is 8.07 Å². The number of nitrogens with two attached hydrogens (primary N) is 1. The molecule has 0 aromatic heterocycles. The molecule has 0 saturated carbocycles. The molecule has 0 aliphatic carbocycles. The molecule has 0 radical (unpaired) electrons. The van der Waals surface area contributed by atoms with Crippen LogP contribution in [0.5, 0.6) is 0 Å². The van der Waals surface area contributed by atoms with Crippen molar-refractivity contribution in [1.82, 2.24) is 4.90 Å². The lowest BCUT2D eigenvalue weighted by atomic mass is 10.2. The zero-order chi connectivity index (χ0) is 9.19. The topological polar surface area (TPSA) is 29.3 Å². The lowest BCUT2D eigenvalue weighted by molar-refractivity contribution is 0.295. The van der Waals surface area contributed by atoms with Crippen LogP contribution in [0.1, 0.15) is 12.8 Å². The standard InChI is InChI=1S/C9H22N2Si/c1-12(2,3)8-11-6-4-5-9(11)7-10/h9H,4-8,10H2,1-3H3/t9-/m0/s1. The summed E-state index contributed by atoms with van der Waals surface area (Å²) in [6.07, 6.45) is 4.00. The van der Waals surface area contributed by atoms with Gasteiger partial charge in [-0.05, 0) is 25.6 Å². The summed E-state index contributed by atoms with van der Waals surface area (Å²) in [6, 6.07) is 0.691. The Bertz CT molecular complexity index is 142. The Morgan fingerprint density at radius 2 is 2.08 bits per heavy atom. The fraction of sp³-hybridized carbons (Fsp3) is 1.00. The Morgan fingerprint density at radius 1 is 1.42 bits per heavy atom. The zero-order valence-corrected chi connectivity index (χ0v) is 9.64. The Kier molecular flexibility index (Phi) is 3.32. The van der Waals surface area contributed by atoms with Gasteiger partial charge in [-0.25, -0.2) is 0 Å². The molecule has 0 amide bonds. The Labute approximate surface area is 77.1 Å². The van der Waals surface area contributed by atoms with Gasteiger partial charge < -0.3 is 10.6 Å². The van der Waals surface area contributed by atoms with Crippen molar-refractivity contribution in [3.05, 3.63) is 0 Å². The lowest BCUT2D eigenvalue weighted by Crippen LogP contribution is -2.45. The molecule has 1 heterocycles. The molecule has 1 rings (SSSR count). The smallest absolute Gasteiger partial charge is 0.0599 e. The molecule has 1 atom stereocenters. The van der Waals surface area contributed by atoms with Gasteiger partial charge >= 0.3 is 0 Å². The minimum atomic E-state index is -0.910. The Balaban J connectivity index is 2.41. The molecular formula is C9H22N2Si. The van der Waals surface area contributed by atoms with Crippen LogP contribution in [0.3, 0.4) is 0 Å². The second kappa shape index (κ2) is 3.90. The van der Waals surface area contributed by atoms with Gasteiger partial charge in [0.25, 0.3) is 0 Å². The summed E-state index contributed by atoms with van der Waals surface area (Å²) in [5.74, 6) is 0. The number of hydrogen-bond acceptors (Lipinski definition) is 2. The molecule has 12 heavy (non-hydrogen) atoms. The van der Waals surface area contributed by atoms with E-state index in [4.69, 9.17) is 5.73 Å². The van der Waals surface area contributed by atoms with Gasteiger partial charge in [-0.15, -0.1) is 0 Å². The van der Waals surface area contributed by atoms with Gasteiger partial charge in [0, 0.05) is 12.6 Å². The van der Waals surface area contributed by atoms with Crippen molar-refractivity contribution in [3.8, 4) is 0 Å². The minimum Gasteiger partial charge on any atom is -0.329 e. The van der Waals surface area contributed by atoms with Gasteiger partial charge in [0.1, 0.15) is 0 Å². The predicted molar refractivity (Wildman–Crippen MR) is 57.0 cm³/mol. The van der Waals surface area contributed by atoms with Crippen LogP contribution >= 0.6 is 0 Å². The van der Waals surface area contributed by atoms with Crippen molar-refractivity contribution in [3.63, 3.8) is 0 Å². The summed E-state index contributed by atoms with van der Waals surface area (Å²) in [4.78, 5) is 2.60. The third kappa shape index (κ3) is 2.88. The summed E-state index contributed by atoms with van der Waals surface area (Å²) in [5.41, 5.74) is 5.72. The highest BCUT2D eigenvalue weighted by atomic mass is 28.3. The first-order valence-corrected chi connectivity index (χ1v) is 8.68.